The zero-order valence-corrected chi connectivity index (χ0v) is 8.27. The zero-order valence-electron chi connectivity index (χ0n) is 8.27. The summed E-state index contributed by atoms with van der Waals surface area (Å²) in [4.78, 5) is 0. The highest BCUT2D eigenvalue weighted by atomic mass is 16.7. The van der Waals surface area contributed by atoms with Crippen molar-refractivity contribution in [1.82, 2.24) is 0 Å². The monoisotopic (exact) mass is 198 g/mol. The summed E-state index contributed by atoms with van der Waals surface area (Å²) in [6.45, 7) is 3.82. The van der Waals surface area contributed by atoms with Crippen LogP contribution in [0.25, 0.3) is 0 Å². The molecule has 0 aliphatic carbocycles. The van der Waals surface area contributed by atoms with E-state index in [2.05, 4.69) is 0 Å². The Morgan fingerprint density at radius 2 is 1.86 bits per heavy atom. The van der Waals surface area contributed by atoms with Crippen LogP contribution in [-0.2, 0) is 16.1 Å². The molecule has 4 nitrogen and oxygen atoms in total. The van der Waals surface area contributed by atoms with E-state index in [0.717, 1.165) is 0 Å². The summed E-state index contributed by atoms with van der Waals surface area (Å²) in [6.07, 6.45) is -0.286. The number of ether oxygens (including phenoxy) is 2. The molecule has 0 saturated carbocycles. The fourth-order valence-corrected chi connectivity index (χ4v) is 1.38. The van der Waals surface area contributed by atoms with Crippen molar-refractivity contribution in [3.05, 3.63) is 23.7 Å². The van der Waals surface area contributed by atoms with Crippen molar-refractivity contribution >= 4 is 0 Å². The Hall–Kier alpha value is -0.840. The minimum Gasteiger partial charge on any atom is -0.458 e. The Morgan fingerprint density at radius 3 is 2.36 bits per heavy atom. The van der Waals surface area contributed by atoms with E-state index < -0.39 is 6.29 Å². The van der Waals surface area contributed by atoms with Crippen LogP contribution in [0.5, 0.6) is 0 Å². The highest BCUT2D eigenvalue weighted by Crippen LogP contribution is 2.31. The maximum atomic E-state index is 8.82. The molecule has 1 aliphatic heterocycles. The van der Waals surface area contributed by atoms with Gasteiger partial charge in [0.25, 0.3) is 0 Å². The minimum absolute atomic E-state index is 0.0719. The molecule has 0 spiro atoms. The Bertz CT molecular complexity index is 297. The fraction of sp³-hybridized carbons (Fsp3) is 0.600. The molecule has 2 atom stereocenters. The maximum absolute atomic E-state index is 8.82. The number of rotatable bonds is 2. The summed E-state index contributed by atoms with van der Waals surface area (Å²) in [7, 11) is 0. The van der Waals surface area contributed by atoms with Gasteiger partial charge in [-0.1, -0.05) is 0 Å². The van der Waals surface area contributed by atoms with E-state index in [1.54, 1.807) is 12.1 Å². The van der Waals surface area contributed by atoms with E-state index in [0.29, 0.717) is 11.5 Å². The normalized spacial score (nSPS) is 32.4. The highest BCUT2D eigenvalue weighted by Gasteiger charge is 2.32. The first-order valence-electron chi connectivity index (χ1n) is 4.71. The van der Waals surface area contributed by atoms with Crippen LogP contribution in [0.2, 0.25) is 0 Å². The topological polar surface area (TPSA) is 51.8 Å². The van der Waals surface area contributed by atoms with E-state index in [-0.39, 0.29) is 18.8 Å². The molecule has 2 heterocycles. The van der Waals surface area contributed by atoms with Crippen LogP contribution >= 0.6 is 0 Å². The standard InChI is InChI=1S/C10H14O4/c1-6-7(2)13-10(12-6)9-4-3-8(5-11)14-9/h3-4,6-7,10-11H,5H2,1-2H3. The van der Waals surface area contributed by atoms with E-state index in [9.17, 15) is 0 Å². The molecule has 14 heavy (non-hydrogen) atoms. The first-order chi connectivity index (χ1) is 6.70. The number of hydrogen-bond acceptors (Lipinski definition) is 4. The van der Waals surface area contributed by atoms with Crippen LogP contribution in [0, 0.1) is 0 Å². The number of aliphatic hydroxyl groups is 1. The summed E-state index contributed by atoms with van der Waals surface area (Å²) in [5.41, 5.74) is 0. The molecule has 1 saturated heterocycles. The lowest BCUT2D eigenvalue weighted by Crippen LogP contribution is -2.13. The molecule has 0 bridgehead atoms. The minimum atomic E-state index is -0.430. The Morgan fingerprint density at radius 1 is 1.21 bits per heavy atom. The van der Waals surface area contributed by atoms with Crippen LogP contribution in [-0.4, -0.2) is 17.3 Å². The van der Waals surface area contributed by atoms with Crippen molar-refractivity contribution in [2.24, 2.45) is 0 Å². The second kappa shape index (κ2) is 3.73. The lowest BCUT2D eigenvalue weighted by Gasteiger charge is -2.05. The van der Waals surface area contributed by atoms with Gasteiger partial charge in [-0.2, -0.15) is 0 Å². The van der Waals surface area contributed by atoms with Gasteiger partial charge in [0.05, 0.1) is 12.2 Å². The molecule has 2 unspecified atom stereocenters. The maximum Gasteiger partial charge on any atom is 0.217 e. The molecule has 2 rings (SSSR count). The average Bonchev–Trinajstić information content (AvgIpc) is 2.74. The van der Waals surface area contributed by atoms with Crippen LogP contribution in [0.4, 0.5) is 0 Å². The Balaban J connectivity index is 2.09. The van der Waals surface area contributed by atoms with Crippen molar-refractivity contribution in [1.29, 1.82) is 0 Å². The molecule has 0 amide bonds. The number of furan rings is 1. The molecule has 0 radical (unpaired) electrons. The fourth-order valence-electron chi connectivity index (χ4n) is 1.38. The lowest BCUT2D eigenvalue weighted by atomic mass is 10.3. The van der Waals surface area contributed by atoms with Gasteiger partial charge in [0.1, 0.15) is 12.4 Å². The van der Waals surface area contributed by atoms with Crippen molar-refractivity contribution in [3.63, 3.8) is 0 Å². The zero-order chi connectivity index (χ0) is 10.1. The molecule has 1 aromatic heterocycles. The lowest BCUT2D eigenvalue weighted by molar-refractivity contribution is -0.0797. The molecule has 1 N–H and O–H groups in total. The van der Waals surface area contributed by atoms with E-state index in [1.807, 2.05) is 13.8 Å². The van der Waals surface area contributed by atoms with Gasteiger partial charge in [-0.25, -0.2) is 0 Å². The summed E-state index contributed by atoms with van der Waals surface area (Å²) in [6, 6.07) is 3.48. The molecule has 0 aromatic carbocycles. The predicted octanol–water partition coefficient (Wildman–Crippen LogP) is 1.59. The van der Waals surface area contributed by atoms with Gasteiger partial charge in [-0.15, -0.1) is 0 Å². The Labute approximate surface area is 82.4 Å². The van der Waals surface area contributed by atoms with Crippen LogP contribution < -0.4 is 0 Å². The smallest absolute Gasteiger partial charge is 0.217 e. The molecule has 4 heteroatoms. The third-order valence-corrected chi connectivity index (χ3v) is 2.41. The van der Waals surface area contributed by atoms with E-state index >= 15 is 0 Å². The van der Waals surface area contributed by atoms with Crippen LogP contribution in [0.1, 0.15) is 31.7 Å². The quantitative estimate of drug-likeness (QED) is 0.784. The van der Waals surface area contributed by atoms with Crippen molar-refractivity contribution in [2.75, 3.05) is 0 Å². The van der Waals surface area contributed by atoms with E-state index in [4.69, 9.17) is 19.0 Å². The number of aliphatic hydroxyl groups excluding tert-OH is 1. The third kappa shape index (κ3) is 1.68. The summed E-state index contributed by atoms with van der Waals surface area (Å²) >= 11 is 0. The molecular formula is C10H14O4. The van der Waals surface area contributed by atoms with Gasteiger partial charge in [0, 0.05) is 0 Å². The second-order valence-electron chi connectivity index (χ2n) is 3.48. The van der Waals surface area contributed by atoms with Crippen molar-refractivity contribution in [2.45, 2.75) is 39.0 Å². The first kappa shape index (κ1) is 9.71. The molecule has 1 fully saturated rings. The summed E-state index contributed by atoms with van der Waals surface area (Å²) in [5, 5.41) is 8.82. The van der Waals surface area contributed by atoms with Gasteiger partial charge >= 0.3 is 0 Å². The average molecular weight is 198 g/mol. The molecular weight excluding hydrogens is 184 g/mol. The van der Waals surface area contributed by atoms with Gasteiger partial charge in [-0.3, -0.25) is 0 Å². The summed E-state index contributed by atoms with van der Waals surface area (Å²) < 4.78 is 16.4. The van der Waals surface area contributed by atoms with Gasteiger partial charge in [0.15, 0.2) is 5.76 Å². The Kier molecular flexibility index (Phi) is 2.58. The van der Waals surface area contributed by atoms with Gasteiger partial charge in [-0.05, 0) is 26.0 Å². The van der Waals surface area contributed by atoms with Crippen LogP contribution in [0.15, 0.2) is 16.5 Å². The third-order valence-electron chi connectivity index (χ3n) is 2.41. The van der Waals surface area contributed by atoms with Crippen molar-refractivity contribution in [3.8, 4) is 0 Å². The summed E-state index contributed by atoms with van der Waals surface area (Å²) in [5.74, 6) is 1.14. The van der Waals surface area contributed by atoms with Crippen molar-refractivity contribution < 1.29 is 19.0 Å². The largest absolute Gasteiger partial charge is 0.458 e. The molecule has 1 aliphatic rings. The highest BCUT2D eigenvalue weighted by molar-refractivity contribution is 5.08. The molecule has 1 aromatic rings. The second-order valence-corrected chi connectivity index (χ2v) is 3.48. The van der Waals surface area contributed by atoms with Gasteiger partial charge < -0.3 is 19.0 Å². The molecule has 78 valence electrons. The van der Waals surface area contributed by atoms with Gasteiger partial charge in [0.2, 0.25) is 6.29 Å². The van der Waals surface area contributed by atoms with E-state index in [1.165, 1.54) is 0 Å². The van der Waals surface area contributed by atoms with Crippen LogP contribution in [0.3, 0.4) is 0 Å². The first-order valence-corrected chi connectivity index (χ1v) is 4.71. The predicted molar refractivity (Wildman–Crippen MR) is 48.5 cm³/mol. The SMILES string of the molecule is CC1OC(c2ccc(CO)o2)OC1C. The number of hydrogen-bond donors (Lipinski definition) is 1.